The Balaban J connectivity index is 3.96. The Morgan fingerprint density at radius 3 is 1.16 bits per heavy atom. The number of phosphoric ester groups is 1. The highest BCUT2D eigenvalue weighted by molar-refractivity contribution is 7.47. The first-order chi connectivity index (χ1) is 29.8. The number of hydrogen-bond acceptors (Lipinski definition) is 8. The van der Waals surface area contributed by atoms with E-state index in [-0.39, 0.29) is 38.6 Å². The average Bonchev–Trinajstić information content (AvgIpc) is 3.25. The molecule has 0 aromatic carbocycles. The molecule has 0 heterocycles. The van der Waals surface area contributed by atoms with E-state index >= 15 is 0 Å². The maximum absolute atomic E-state index is 12.6. The zero-order chi connectivity index (χ0) is 44.6. The summed E-state index contributed by atoms with van der Waals surface area (Å²) in [7, 11) is -4.38. The van der Waals surface area contributed by atoms with Gasteiger partial charge in [0.25, 0.3) is 0 Å². The van der Waals surface area contributed by atoms with Gasteiger partial charge < -0.3 is 20.1 Å². The van der Waals surface area contributed by atoms with Crippen molar-refractivity contribution in [3.8, 4) is 0 Å². The zero-order valence-corrected chi connectivity index (χ0v) is 41.1. The SMILES string of the molecule is CCCCCCCCC/C=C\CCCCCCCC(=O)OC(COC(=O)CCCCCCCCCCCCCCCCCCCCCCCCCC)COP(=O)(O)OCCN. The van der Waals surface area contributed by atoms with E-state index in [0.29, 0.717) is 6.42 Å². The van der Waals surface area contributed by atoms with Gasteiger partial charge in [0.05, 0.1) is 13.2 Å². The molecule has 10 heteroatoms. The van der Waals surface area contributed by atoms with Crippen LogP contribution in [-0.2, 0) is 32.7 Å². The predicted octanol–water partition coefficient (Wildman–Crippen LogP) is 15.7. The van der Waals surface area contributed by atoms with E-state index in [1.54, 1.807) is 0 Å². The second-order valence-electron chi connectivity index (χ2n) is 17.8. The largest absolute Gasteiger partial charge is 0.472 e. The number of phosphoric acid groups is 1. The van der Waals surface area contributed by atoms with Gasteiger partial charge in [-0.3, -0.25) is 18.6 Å². The van der Waals surface area contributed by atoms with Gasteiger partial charge in [-0.15, -0.1) is 0 Å². The lowest BCUT2D eigenvalue weighted by atomic mass is 10.0. The van der Waals surface area contributed by atoms with Crippen molar-refractivity contribution in [3.63, 3.8) is 0 Å². The normalized spacial score (nSPS) is 13.2. The maximum atomic E-state index is 12.6. The molecule has 9 nitrogen and oxygen atoms in total. The molecule has 0 aliphatic carbocycles. The molecule has 61 heavy (non-hydrogen) atoms. The molecule has 0 spiro atoms. The molecule has 2 atom stereocenters. The van der Waals surface area contributed by atoms with Crippen molar-refractivity contribution in [2.45, 2.75) is 277 Å². The van der Waals surface area contributed by atoms with E-state index in [2.05, 4.69) is 26.0 Å². The lowest BCUT2D eigenvalue weighted by molar-refractivity contribution is -0.161. The topological polar surface area (TPSA) is 134 Å². The van der Waals surface area contributed by atoms with Gasteiger partial charge in [-0.2, -0.15) is 0 Å². The van der Waals surface area contributed by atoms with Crippen molar-refractivity contribution < 1.29 is 37.6 Å². The fourth-order valence-electron chi connectivity index (χ4n) is 7.75. The van der Waals surface area contributed by atoms with Crippen molar-refractivity contribution in [1.29, 1.82) is 0 Å². The highest BCUT2D eigenvalue weighted by Gasteiger charge is 2.26. The Morgan fingerprint density at radius 1 is 0.475 bits per heavy atom. The predicted molar refractivity (Wildman–Crippen MR) is 257 cm³/mol. The lowest BCUT2D eigenvalue weighted by Gasteiger charge is -2.19. The van der Waals surface area contributed by atoms with Crippen LogP contribution in [0.3, 0.4) is 0 Å². The van der Waals surface area contributed by atoms with Crippen molar-refractivity contribution in [3.05, 3.63) is 12.2 Å². The monoisotopic (exact) mass is 886 g/mol. The fourth-order valence-corrected chi connectivity index (χ4v) is 8.52. The fraction of sp³-hybridized carbons (Fsp3) is 0.922. The number of hydrogen-bond donors (Lipinski definition) is 2. The minimum absolute atomic E-state index is 0.0551. The average molecular weight is 886 g/mol. The summed E-state index contributed by atoms with van der Waals surface area (Å²) in [6, 6.07) is 0. The quantitative estimate of drug-likeness (QED) is 0.0265. The molecule has 0 radical (unpaired) electrons. The molecule has 362 valence electrons. The van der Waals surface area contributed by atoms with Crippen LogP contribution in [0, 0.1) is 0 Å². The third kappa shape index (κ3) is 48.1. The Hall–Kier alpha value is -1.25. The van der Waals surface area contributed by atoms with Gasteiger partial charge in [0.15, 0.2) is 6.10 Å². The van der Waals surface area contributed by atoms with Crippen LogP contribution in [-0.4, -0.2) is 49.3 Å². The summed E-state index contributed by atoms with van der Waals surface area (Å²) in [5, 5.41) is 0. The Bertz CT molecular complexity index is 1010. The molecule has 0 aliphatic rings. The van der Waals surface area contributed by atoms with Crippen molar-refractivity contribution in [1.82, 2.24) is 0 Å². The van der Waals surface area contributed by atoms with Crippen LogP contribution in [0.1, 0.15) is 271 Å². The number of ether oxygens (including phenoxy) is 2. The highest BCUT2D eigenvalue weighted by atomic mass is 31.2. The van der Waals surface area contributed by atoms with Gasteiger partial charge in [-0.05, 0) is 38.5 Å². The number of rotatable bonds is 50. The third-order valence-electron chi connectivity index (χ3n) is 11.7. The molecule has 0 rings (SSSR count). The smallest absolute Gasteiger partial charge is 0.462 e. The summed E-state index contributed by atoms with van der Waals surface area (Å²) in [6.07, 6.45) is 52.6. The number of carbonyl (C=O) groups excluding carboxylic acids is 2. The highest BCUT2D eigenvalue weighted by Crippen LogP contribution is 2.43. The van der Waals surface area contributed by atoms with Crippen molar-refractivity contribution in [2.75, 3.05) is 26.4 Å². The van der Waals surface area contributed by atoms with Crippen LogP contribution in [0.15, 0.2) is 12.2 Å². The minimum Gasteiger partial charge on any atom is -0.462 e. The number of esters is 2. The van der Waals surface area contributed by atoms with Gasteiger partial charge >= 0.3 is 19.8 Å². The third-order valence-corrected chi connectivity index (χ3v) is 12.6. The van der Waals surface area contributed by atoms with Crippen LogP contribution in [0.5, 0.6) is 0 Å². The molecule has 0 amide bonds. The Labute approximate surface area is 377 Å². The number of unbranched alkanes of at least 4 members (excludes halogenated alkanes) is 35. The van der Waals surface area contributed by atoms with E-state index in [1.165, 1.54) is 186 Å². The molecular formula is C51H100NO8P. The van der Waals surface area contributed by atoms with Crippen molar-refractivity contribution in [2.24, 2.45) is 5.73 Å². The van der Waals surface area contributed by atoms with E-state index in [1.807, 2.05) is 0 Å². The molecule has 0 bridgehead atoms. The van der Waals surface area contributed by atoms with Gasteiger partial charge in [-0.25, -0.2) is 4.57 Å². The summed E-state index contributed by atoms with van der Waals surface area (Å²) in [5.74, 6) is -0.822. The molecule has 0 saturated heterocycles. The first kappa shape index (κ1) is 59.8. The summed E-state index contributed by atoms with van der Waals surface area (Å²) in [5.41, 5.74) is 5.37. The second-order valence-corrected chi connectivity index (χ2v) is 19.2. The summed E-state index contributed by atoms with van der Waals surface area (Å²) in [4.78, 5) is 35.0. The van der Waals surface area contributed by atoms with Gasteiger partial charge in [0.1, 0.15) is 6.61 Å². The number of carbonyl (C=O) groups is 2. The maximum Gasteiger partial charge on any atom is 0.472 e. The molecule has 0 aliphatic heterocycles. The van der Waals surface area contributed by atoms with E-state index in [4.69, 9.17) is 24.3 Å². The summed E-state index contributed by atoms with van der Waals surface area (Å²) >= 11 is 0. The number of nitrogens with two attached hydrogens (primary N) is 1. The first-order valence-corrected chi connectivity index (χ1v) is 27.7. The van der Waals surface area contributed by atoms with Crippen LogP contribution < -0.4 is 5.73 Å². The summed E-state index contributed by atoms with van der Waals surface area (Å²) < 4.78 is 32.9. The van der Waals surface area contributed by atoms with Gasteiger partial charge in [-0.1, -0.05) is 231 Å². The van der Waals surface area contributed by atoms with E-state index < -0.39 is 26.5 Å². The van der Waals surface area contributed by atoms with Crippen LogP contribution >= 0.6 is 7.82 Å². The van der Waals surface area contributed by atoms with Gasteiger partial charge in [0.2, 0.25) is 0 Å². The van der Waals surface area contributed by atoms with Gasteiger partial charge in [0, 0.05) is 19.4 Å². The standard InChI is InChI=1S/C51H100NO8P/c1-3-5-7-9-11-13-15-17-19-21-22-23-24-25-26-27-28-30-31-33-35-37-39-41-43-50(53)57-47-49(48-59-61(55,56)58-46-45-52)60-51(54)44-42-40-38-36-34-32-29-20-18-16-14-12-10-8-6-4-2/h20,29,49H,3-19,21-28,30-48,52H2,1-2H3,(H,55,56)/b29-20-. The second kappa shape index (κ2) is 48.2. The molecular weight excluding hydrogens is 786 g/mol. The Morgan fingerprint density at radius 2 is 0.803 bits per heavy atom. The minimum atomic E-state index is -4.38. The van der Waals surface area contributed by atoms with Crippen molar-refractivity contribution >= 4 is 19.8 Å². The van der Waals surface area contributed by atoms with Crippen LogP contribution in [0.25, 0.3) is 0 Å². The molecule has 2 unspecified atom stereocenters. The van der Waals surface area contributed by atoms with E-state index in [9.17, 15) is 19.0 Å². The lowest BCUT2D eigenvalue weighted by Crippen LogP contribution is -2.29. The zero-order valence-electron chi connectivity index (χ0n) is 40.2. The Kier molecular flexibility index (Phi) is 47.2. The summed E-state index contributed by atoms with van der Waals surface area (Å²) in [6.45, 7) is 3.78. The molecule has 0 aromatic heterocycles. The number of allylic oxidation sites excluding steroid dienone is 2. The molecule has 3 N–H and O–H groups in total. The van der Waals surface area contributed by atoms with Crippen LogP contribution in [0.2, 0.25) is 0 Å². The van der Waals surface area contributed by atoms with Crippen LogP contribution in [0.4, 0.5) is 0 Å². The van der Waals surface area contributed by atoms with E-state index in [0.717, 1.165) is 51.4 Å². The molecule has 0 saturated carbocycles. The molecule has 0 aromatic rings. The molecule has 0 fully saturated rings. The first-order valence-electron chi connectivity index (χ1n) is 26.2.